The largest absolute Gasteiger partial charge is 0.477 e. The second-order valence-electron chi connectivity index (χ2n) is 4.36. The van der Waals surface area contributed by atoms with Crippen LogP contribution in [0.5, 0.6) is 0 Å². The highest BCUT2D eigenvalue weighted by atomic mass is 16.5. The summed E-state index contributed by atoms with van der Waals surface area (Å²) in [5.41, 5.74) is 0.387. The van der Waals surface area contributed by atoms with Crippen molar-refractivity contribution in [2.75, 3.05) is 12.4 Å². The van der Waals surface area contributed by atoms with E-state index in [1.54, 1.807) is 7.11 Å². The minimum Gasteiger partial charge on any atom is -0.477 e. The van der Waals surface area contributed by atoms with E-state index in [1.165, 1.54) is 18.3 Å². The predicted molar refractivity (Wildman–Crippen MR) is 67.2 cm³/mol. The van der Waals surface area contributed by atoms with Crippen LogP contribution in [0.2, 0.25) is 0 Å². The van der Waals surface area contributed by atoms with Gasteiger partial charge in [0, 0.05) is 13.2 Å². The van der Waals surface area contributed by atoms with Crippen molar-refractivity contribution in [3.05, 3.63) is 24.0 Å². The van der Waals surface area contributed by atoms with Gasteiger partial charge in [0.15, 0.2) is 0 Å². The topological polar surface area (TPSA) is 101 Å². The SMILES string of the molecule is COC1CC(NC(=O)Nc2ccc(C(=O)O)nc2)C1. The van der Waals surface area contributed by atoms with Crippen LogP contribution < -0.4 is 10.6 Å². The highest BCUT2D eigenvalue weighted by Gasteiger charge is 2.30. The first-order valence-electron chi connectivity index (χ1n) is 5.88. The number of aromatic carboxylic acids is 1. The van der Waals surface area contributed by atoms with Crippen LogP contribution >= 0.6 is 0 Å². The zero-order valence-electron chi connectivity index (χ0n) is 10.4. The number of methoxy groups -OCH3 is 1. The van der Waals surface area contributed by atoms with Crippen molar-refractivity contribution in [2.45, 2.75) is 25.0 Å². The summed E-state index contributed by atoms with van der Waals surface area (Å²) in [7, 11) is 1.65. The molecule has 1 fully saturated rings. The zero-order chi connectivity index (χ0) is 13.8. The number of carbonyl (C=O) groups excluding carboxylic acids is 1. The third-order valence-electron chi connectivity index (χ3n) is 3.00. The maximum Gasteiger partial charge on any atom is 0.354 e. The van der Waals surface area contributed by atoms with Crippen molar-refractivity contribution in [2.24, 2.45) is 0 Å². The van der Waals surface area contributed by atoms with Gasteiger partial charge in [0.2, 0.25) is 0 Å². The number of ether oxygens (including phenoxy) is 1. The van der Waals surface area contributed by atoms with E-state index < -0.39 is 5.97 Å². The molecule has 1 aromatic heterocycles. The van der Waals surface area contributed by atoms with E-state index in [0.29, 0.717) is 5.69 Å². The highest BCUT2D eigenvalue weighted by molar-refractivity contribution is 5.90. The minimum atomic E-state index is -1.10. The molecule has 1 aliphatic rings. The number of hydrogen-bond donors (Lipinski definition) is 3. The molecule has 0 aliphatic heterocycles. The van der Waals surface area contributed by atoms with Crippen LogP contribution in [0.4, 0.5) is 10.5 Å². The van der Waals surface area contributed by atoms with Crippen LogP contribution in [0.15, 0.2) is 18.3 Å². The molecule has 3 N–H and O–H groups in total. The van der Waals surface area contributed by atoms with Crippen LogP contribution in [-0.2, 0) is 4.74 Å². The number of nitrogens with one attached hydrogen (secondary N) is 2. The maximum atomic E-state index is 11.6. The van der Waals surface area contributed by atoms with Crippen molar-refractivity contribution < 1.29 is 19.4 Å². The zero-order valence-corrected chi connectivity index (χ0v) is 10.4. The summed E-state index contributed by atoms with van der Waals surface area (Å²) in [6, 6.07) is 2.62. The lowest BCUT2D eigenvalue weighted by molar-refractivity contribution is 0.0210. The second kappa shape index (κ2) is 5.66. The summed E-state index contributed by atoms with van der Waals surface area (Å²) in [5.74, 6) is -1.10. The normalized spacial score (nSPS) is 21.3. The Bertz CT molecular complexity index is 468. The minimum absolute atomic E-state index is 0.0621. The molecule has 2 amide bonds. The Morgan fingerprint density at radius 3 is 2.68 bits per heavy atom. The number of nitrogens with zero attached hydrogens (tertiary/aromatic N) is 1. The molecule has 0 atom stereocenters. The lowest BCUT2D eigenvalue weighted by Gasteiger charge is -2.34. The molecule has 0 unspecified atom stereocenters. The quantitative estimate of drug-likeness (QED) is 0.756. The number of carboxylic acids is 1. The molecular weight excluding hydrogens is 250 g/mol. The van der Waals surface area contributed by atoms with Gasteiger partial charge >= 0.3 is 12.0 Å². The third-order valence-corrected chi connectivity index (χ3v) is 3.00. The van der Waals surface area contributed by atoms with Gasteiger partial charge in [0.25, 0.3) is 0 Å². The van der Waals surface area contributed by atoms with E-state index in [4.69, 9.17) is 9.84 Å². The number of carbonyl (C=O) groups is 2. The lowest BCUT2D eigenvalue weighted by Crippen LogP contribution is -2.48. The molecule has 1 heterocycles. The van der Waals surface area contributed by atoms with E-state index in [-0.39, 0.29) is 23.9 Å². The molecule has 0 radical (unpaired) electrons. The number of anilines is 1. The Balaban J connectivity index is 1.80. The van der Waals surface area contributed by atoms with Gasteiger partial charge in [-0.15, -0.1) is 0 Å². The van der Waals surface area contributed by atoms with Crippen molar-refractivity contribution in [1.29, 1.82) is 0 Å². The fourth-order valence-electron chi connectivity index (χ4n) is 1.82. The Hall–Kier alpha value is -2.15. The standard InChI is InChI=1S/C12H15N3O4/c1-19-9-4-8(5-9)15-12(18)14-7-2-3-10(11(16)17)13-6-7/h2-3,6,8-9H,4-5H2,1H3,(H,16,17)(H2,14,15,18). The van der Waals surface area contributed by atoms with Crippen LogP contribution in [0.3, 0.4) is 0 Å². The van der Waals surface area contributed by atoms with E-state index >= 15 is 0 Å². The molecule has 19 heavy (non-hydrogen) atoms. The number of pyridine rings is 1. The molecule has 102 valence electrons. The van der Waals surface area contributed by atoms with Gasteiger partial charge in [-0.3, -0.25) is 0 Å². The van der Waals surface area contributed by atoms with Gasteiger partial charge in [0.05, 0.1) is 18.0 Å². The van der Waals surface area contributed by atoms with Gasteiger partial charge in [-0.25, -0.2) is 14.6 Å². The fraction of sp³-hybridized carbons (Fsp3) is 0.417. The van der Waals surface area contributed by atoms with Crippen molar-refractivity contribution in [3.63, 3.8) is 0 Å². The van der Waals surface area contributed by atoms with E-state index in [9.17, 15) is 9.59 Å². The Morgan fingerprint density at radius 2 is 2.16 bits per heavy atom. The summed E-state index contributed by atoms with van der Waals surface area (Å²) in [6.45, 7) is 0. The Labute approximate surface area is 110 Å². The first kappa shape index (κ1) is 13.3. The summed E-state index contributed by atoms with van der Waals surface area (Å²) in [6.07, 6.45) is 3.14. The predicted octanol–water partition coefficient (Wildman–Crippen LogP) is 1.08. The van der Waals surface area contributed by atoms with Crippen molar-refractivity contribution in [3.8, 4) is 0 Å². The fourth-order valence-corrected chi connectivity index (χ4v) is 1.82. The van der Waals surface area contributed by atoms with E-state index in [2.05, 4.69) is 15.6 Å². The van der Waals surface area contributed by atoms with Crippen LogP contribution in [0, 0.1) is 0 Å². The molecule has 7 nitrogen and oxygen atoms in total. The number of hydrogen-bond acceptors (Lipinski definition) is 4. The summed E-state index contributed by atoms with van der Waals surface area (Å²) in [5, 5.41) is 14.1. The first-order chi connectivity index (χ1) is 9.08. The molecule has 1 aromatic rings. The van der Waals surface area contributed by atoms with Gasteiger partial charge in [-0.2, -0.15) is 0 Å². The van der Waals surface area contributed by atoms with Crippen LogP contribution in [0.25, 0.3) is 0 Å². The Morgan fingerprint density at radius 1 is 1.42 bits per heavy atom. The van der Waals surface area contributed by atoms with Crippen molar-refractivity contribution >= 4 is 17.7 Å². The molecule has 0 saturated heterocycles. The second-order valence-corrected chi connectivity index (χ2v) is 4.36. The average molecular weight is 265 g/mol. The Kier molecular flexibility index (Phi) is 3.96. The molecule has 7 heteroatoms. The third kappa shape index (κ3) is 3.41. The first-order valence-corrected chi connectivity index (χ1v) is 5.88. The number of rotatable bonds is 4. The average Bonchev–Trinajstić information content (AvgIpc) is 2.33. The number of amides is 2. The summed E-state index contributed by atoms with van der Waals surface area (Å²) < 4.78 is 5.11. The molecule has 1 aliphatic carbocycles. The lowest BCUT2D eigenvalue weighted by atomic mass is 9.89. The van der Waals surface area contributed by atoms with Gasteiger partial charge < -0.3 is 20.5 Å². The van der Waals surface area contributed by atoms with E-state index in [0.717, 1.165) is 12.8 Å². The molecule has 0 aromatic carbocycles. The smallest absolute Gasteiger partial charge is 0.354 e. The van der Waals surface area contributed by atoms with Gasteiger partial charge in [-0.05, 0) is 25.0 Å². The molecule has 2 rings (SSSR count). The molecule has 1 saturated carbocycles. The summed E-state index contributed by atoms with van der Waals surface area (Å²) in [4.78, 5) is 25.9. The molecule has 0 bridgehead atoms. The molecule has 0 spiro atoms. The maximum absolute atomic E-state index is 11.6. The number of carboxylic acid groups (broad SMARTS) is 1. The number of urea groups is 1. The summed E-state index contributed by atoms with van der Waals surface area (Å²) >= 11 is 0. The van der Waals surface area contributed by atoms with Crippen LogP contribution in [-0.4, -0.2) is 41.3 Å². The number of aromatic nitrogens is 1. The molecular formula is C12H15N3O4. The van der Waals surface area contributed by atoms with Crippen molar-refractivity contribution in [1.82, 2.24) is 10.3 Å². The van der Waals surface area contributed by atoms with E-state index in [1.807, 2.05) is 0 Å². The van der Waals surface area contributed by atoms with Crippen LogP contribution in [0.1, 0.15) is 23.3 Å². The highest BCUT2D eigenvalue weighted by Crippen LogP contribution is 2.22. The van der Waals surface area contributed by atoms with Gasteiger partial charge in [-0.1, -0.05) is 0 Å². The monoisotopic (exact) mass is 265 g/mol. The van der Waals surface area contributed by atoms with Gasteiger partial charge in [0.1, 0.15) is 5.69 Å².